The van der Waals surface area contributed by atoms with E-state index in [9.17, 15) is 4.79 Å². The van der Waals surface area contributed by atoms with Crippen LogP contribution >= 0.6 is 0 Å². The first kappa shape index (κ1) is 20.1. The molecule has 0 unspecified atom stereocenters. The Morgan fingerprint density at radius 1 is 1.19 bits per heavy atom. The number of amides is 1. The Bertz CT molecular complexity index is 1080. The topological polar surface area (TPSA) is 88.0 Å². The molecule has 0 spiro atoms. The lowest BCUT2D eigenvalue weighted by Gasteiger charge is -2.26. The van der Waals surface area contributed by atoms with Gasteiger partial charge in [-0.2, -0.15) is 5.10 Å². The molecule has 3 aromatic heterocycles. The number of carbonyl (C=O) groups is 1. The van der Waals surface area contributed by atoms with Gasteiger partial charge in [0.05, 0.1) is 29.1 Å². The molecule has 2 fully saturated rings. The van der Waals surface area contributed by atoms with E-state index >= 15 is 0 Å². The van der Waals surface area contributed by atoms with Crippen LogP contribution in [0, 0.1) is 0 Å². The van der Waals surface area contributed by atoms with E-state index in [0.717, 1.165) is 61.2 Å². The van der Waals surface area contributed by atoms with Crippen LogP contribution in [-0.4, -0.2) is 56.2 Å². The highest BCUT2D eigenvalue weighted by molar-refractivity contribution is 5.95. The normalized spacial score (nSPS) is 19.7. The maximum absolute atomic E-state index is 12.4. The lowest BCUT2D eigenvalue weighted by atomic mass is 10.1. The van der Waals surface area contributed by atoms with Crippen molar-refractivity contribution in [3.63, 3.8) is 0 Å². The number of nitrogens with zero attached hydrogens (tertiary/aromatic N) is 5. The van der Waals surface area contributed by atoms with Crippen molar-refractivity contribution in [2.75, 3.05) is 25.0 Å². The number of nitrogens with one attached hydrogen (secondary N) is 2. The van der Waals surface area contributed by atoms with Crippen LogP contribution < -0.4 is 10.6 Å². The van der Waals surface area contributed by atoms with Crippen LogP contribution in [0.25, 0.3) is 22.2 Å². The fourth-order valence-electron chi connectivity index (χ4n) is 4.55. The average Bonchev–Trinajstić information content (AvgIpc) is 3.45. The Morgan fingerprint density at radius 3 is 2.87 bits per heavy atom. The summed E-state index contributed by atoms with van der Waals surface area (Å²) < 4.78 is 1.96. The highest BCUT2D eigenvalue weighted by atomic mass is 16.2. The summed E-state index contributed by atoms with van der Waals surface area (Å²) in [5.74, 6) is 0.507. The summed E-state index contributed by atoms with van der Waals surface area (Å²) in [6.45, 7) is 4.05. The van der Waals surface area contributed by atoms with Gasteiger partial charge in [-0.05, 0) is 57.5 Å². The van der Waals surface area contributed by atoms with Gasteiger partial charge in [0.2, 0.25) is 5.91 Å². The van der Waals surface area contributed by atoms with Gasteiger partial charge in [0.1, 0.15) is 5.82 Å². The quantitative estimate of drug-likeness (QED) is 0.661. The highest BCUT2D eigenvalue weighted by Gasteiger charge is 2.22. The number of fused-ring (bicyclic) bond motifs is 1. The maximum Gasteiger partial charge on any atom is 0.242 e. The Morgan fingerprint density at radius 2 is 2.06 bits per heavy atom. The van der Waals surface area contributed by atoms with Crippen LogP contribution in [0.1, 0.15) is 37.8 Å². The van der Waals surface area contributed by atoms with E-state index in [-0.39, 0.29) is 11.9 Å². The monoisotopic (exact) mass is 419 g/mol. The predicted molar refractivity (Wildman–Crippen MR) is 121 cm³/mol. The van der Waals surface area contributed by atoms with Gasteiger partial charge < -0.3 is 10.6 Å². The van der Waals surface area contributed by atoms with E-state index in [1.54, 1.807) is 6.20 Å². The molecule has 162 valence electrons. The fraction of sp³-hybridized carbons (Fsp3) is 0.478. The van der Waals surface area contributed by atoms with Crippen molar-refractivity contribution in [2.45, 2.75) is 44.7 Å². The van der Waals surface area contributed by atoms with Crippen molar-refractivity contribution in [3.05, 3.63) is 36.3 Å². The van der Waals surface area contributed by atoms with Crippen LogP contribution in [0.2, 0.25) is 0 Å². The SMILES string of the molecule is Cn1ncc(-c2ccc3cnc(NC(=O)[C@H]4CCCN4)cc3n2)c1CN1CCCCC1. The number of likely N-dealkylation sites (tertiary alicyclic amines) is 1. The molecule has 8 nitrogen and oxygen atoms in total. The molecule has 0 radical (unpaired) electrons. The summed E-state index contributed by atoms with van der Waals surface area (Å²) in [5, 5.41) is 11.6. The minimum absolute atomic E-state index is 0.0309. The van der Waals surface area contributed by atoms with Crippen molar-refractivity contribution < 1.29 is 4.79 Å². The maximum atomic E-state index is 12.4. The summed E-state index contributed by atoms with van der Waals surface area (Å²) in [4.78, 5) is 24.2. The highest BCUT2D eigenvalue weighted by Crippen LogP contribution is 2.26. The second-order valence-corrected chi connectivity index (χ2v) is 8.56. The molecule has 5 heterocycles. The van der Waals surface area contributed by atoms with E-state index in [1.807, 2.05) is 36.1 Å². The summed E-state index contributed by atoms with van der Waals surface area (Å²) in [6, 6.07) is 5.78. The van der Waals surface area contributed by atoms with Gasteiger partial charge in [-0.25, -0.2) is 9.97 Å². The minimum atomic E-state index is -0.135. The molecule has 2 aliphatic heterocycles. The van der Waals surface area contributed by atoms with Gasteiger partial charge in [-0.1, -0.05) is 6.42 Å². The first-order valence-electron chi connectivity index (χ1n) is 11.2. The molecule has 8 heteroatoms. The zero-order chi connectivity index (χ0) is 21.2. The van der Waals surface area contributed by atoms with Gasteiger partial charge in [0.25, 0.3) is 0 Å². The van der Waals surface area contributed by atoms with Crippen molar-refractivity contribution in [2.24, 2.45) is 7.05 Å². The molecule has 31 heavy (non-hydrogen) atoms. The average molecular weight is 420 g/mol. The molecule has 2 aliphatic rings. The van der Waals surface area contributed by atoms with Crippen molar-refractivity contribution in [3.8, 4) is 11.3 Å². The van der Waals surface area contributed by atoms with Gasteiger partial charge in [-0.3, -0.25) is 14.4 Å². The first-order valence-corrected chi connectivity index (χ1v) is 11.2. The number of aromatic nitrogens is 4. The van der Waals surface area contributed by atoms with Gasteiger partial charge in [-0.15, -0.1) is 0 Å². The Kier molecular flexibility index (Phi) is 5.65. The third-order valence-electron chi connectivity index (χ3n) is 6.36. The number of rotatable bonds is 5. The van der Waals surface area contributed by atoms with Crippen LogP contribution in [0.15, 0.2) is 30.6 Å². The zero-order valence-corrected chi connectivity index (χ0v) is 18.0. The fourth-order valence-corrected chi connectivity index (χ4v) is 4.55. The second-order valence-electron chi connectivity index (χ2n) is 8.56. The number of hydrogen-bond acceptors (Lipinski definition) is 6. The standard InChI is InChI=1S/C23H29N7O/c1-29-21(15-30-10-3-2-4-11-30)17(14-26-29)18-8-7-16-13-25-22(12-20(16)27-18)28-23(31)19-6-5-9-24-19/h7-8,12-14,19,24H,2-6,9-11,15H2,1H3,(H,25,28,31)/t19-/m1/s1. The van der Waals surface area contributed by atoms with Crippen LogP contribution in [0.3, 0.4) is 0 Å². The number of aryl methyl sites for hydroxylation is 1. The van der Waals surface area contributed by atoms with Crippen molar-refractivity contribution in [1.82, 2.24) is 30.0 Å². The molecule has 0 aliphatic carbocycles. The summed E-state index contributed by atoms with van der Waals surface area (Å²) in [6.07, 6.45) is 9.41. The lowest BCUT2D eigenvalue weighted by Crippen LogP contribution is -2.35. The predicted octanol–water partition coefficient (Wildman–Crippen LogP) is 2.71. The smallest absolute Gasteiger partial charge is 0.242 e. The molecular formula is C23H29N7O. The van der Waals surface area contributed by atoms with E-state index < -0.39 is 0 Å². The zero-order valence-electron chi connectivity index (χ0n) is 18.0. The molecule has 1 atom stereocenters. The molecule has 1 amide bonds. The largest absolute Gasteiger partial charge is 0.309 e. The molecular weight excluding hydrogens is 390 g/mol. The van der Waals surface area contributed by atoms with E-state index in [2.05, 4.69) is 25.6 Å². The van der Waals surface area contributed by atoms with Crippen molar-refractivity contribution >= 4 is 22.6 Å². The van der Waals surface area contributed by atoms with E-state index in [1.165, 1.54) is 25.0 Å². The summed E-state index contributed by atoms with van der Waals surface area (Å²) in [7, 11) is 2.00. The molecule has 0 aromatic carbocycles. The summed E-state index contributed by atoms with van der Waals surface area (Å²) in [5.41, 5.74) is 3.96. The molecule has 2 N–H and O–H groups in total. The van der Waals surface area contributed by atoms with Gasteiger partial charge >= 0.3 is 0 Å². The number of hydrogen-bond donors (Lipinski definition) is 2. The Labute approximate surface area is 182 Å². The lowest BCUT2D eigenvalue weighted by molar-refractivity contribution is -0.117. The number of anilines is 1. The van der Waals surface area contributed by atoms with E-state index in [4.69, 9.17) is 4.98 Å². The molecule has 2 saturated heterocycles. The Hall–Kier alpha value is -2.84. The van der Waals surface area contributed by atoms with Crippen LogP contribution in [0.4, 0.5) is 5.82 Å². The molecule has 5 rings (SSSR count). The molecule has 3 aromatic rings. The van der Waals surface area contributed by atoms with Gasteiger partial charge in [0, 0.05) is 36.8 Å². The number of pyridine rings is 2. The van der Waals surface area contributed by atoms with E-state index in [0.29, 0.717) is 5.82 Å². The van der Waals surface area contributed by atoms with Crippen LogP contribution in [-0.2, 0) is 18.4 Å². The number of carbonyl (C=O) groups excluding carboxylic acids is 1. The molecule has 0 saturated carbocycles. The third kappa shape index (κ3) is 4.31. The molecule has 0 bridgehead atoms. The Balaban J connectivity index is 1.41. The third-order valence-corrected chi connectivity index (χ3v) is 6.36. The summed E-state index contributed by atoms with van der Waals surface area (Å²) >= 11 is 0. The second kappa shape index (κ2) is 8.72. The minimum Gasteiger partial charge on any atom is -0.309 e. The van der Waals surface area contributed by atoms with Gasteiger partial charge in [0.15, 0.2) is 0 Å². The van der Waals surface area contributed by atoms with Crippen molar-refractivity contribution in [1.29, 1.82) is 0 Å². The first-order chi connectivity index (χ1) is 15.2. The van der Waals surface area contributed by atoms with Crippen LogP contribution in [0.5, 0.6) is 0 Å². The number of piperidine rings is 1.